The van der Waals surface area contributed by atoms with E-state index < -0.39 is 17.7 Å². The largest absolute Gasteiger partial charge is 0.433 e. The van der Waals surface area contributed by atoms with Crippen LogP contribution in [0, 0.1) is 5.82 Å². The molecule has 0 saturated heterocycles. The Morgan fingerprint density at radius 3 is 2.52 bits per heavy atom. The van der Waals surface area contributed by atoms with Gasteiger partial charge in [0.25, 0.3) is 0 Å². The Kier molecular flexibility index (Phi) is 6.14. The summed E-state index contributed by atoms with van der Waals surface area (Å²) in [6.07, 6.45) is -1.54. The fourth-order valence-corrected chi connectivity index (χ4v) is 2.53. The van der Waals surface area contributed by atoms with Crippen LogP contribution in [0.2, 0.25) is 0 Å². The van der Waals surface area contributed by atoms with Gasteiger partial charge in [0.1, 0.15) is 5.69 Å². The van der Waals surface area contributed by atoms with Gasteiger partial charge in [0, 0.05) is 18.4 Å². The van der Waals surface area contributed by atoms with Crippen molar-refractivity contribution in [1.29, 1.82) is 0 Å². The van der Waals surface area contributed by atoms with Crippen molar-refractivity contribution in [2.75, 3.05) is 22.6 Å². The molecule has 0 saturated carbocycles. The maximum absolute atomic E-state index is 14.3. The molecule has 0 radical (unpaired) electrons. The second kappa shape index (κ2) is 8.78. The zero-order valence-electron chi connectivity index (χ0n) is 16.1. The summed E-state index contributed by atoms with van der Waals surface area (Å²) in [5.74, 6) is -1.30. The van der Waals surface area contributed by atoms with E-state index in [4.69, 9.17) is 0 Å². The van der Waals surface area contributed by atoms with Gasteiger partial charge >= 0.3 is 6.18 Å². The molecule has 2 N–H and O–H groups in total. The topological polar surface area (TPSA) is 83.0 Å². The van der Waals surface area contributed by atoms with E-state index in [-0.39, 0.29) is 23.4 Å². The van der Waals surface area contributed by atoms with Gasteiger partial charge < -0.3 is 15.5 Å². The highest BCUT2D eigenvalue weighted by atomic mass is 19.4. The van der Waals surface area contributed by atoms with E-state index in [0.29, 0.717) is 11.4 Å². The first-order valence-corrected chi connectivity index (χ1v) is 8.77. The minimum absolute atomic E-state index is 0.0373. The molecule has 0 aliphatic rings. The predicted molar refractivity (Wildman–Crippen MR) is 108 cm³/mol. The molecular formula is C20H16F4N6O. The predicted octanol–water partition coefficient (Wildman–Crippen LogP) is 4.67. The molecule has 11 heteroatoms. The summed E-state index contributed by atoms with van der Waals surface area (Å²) in [6.45, 7) is 3.38. The fourth-order valence-electron chi connectivity index (χ4n) is 2.53. The SMILES string of the molecule is C=CC(=O)Nc1cccc(Nc2ncc(F)c(N(C)c3ccc(C(F)(F)F)nc3)n2)c1. The Morgan fingerprint density at radius 1 is 1.13 bits per heavy atom. The van der Waals surface area contributed by atoms with Gasteiger partial charge in [0.15, 0.2) is 11.6 Å². The molecule has 7 nitrogen and oxygen atoms in total. The number of rotatable bonds is 6. The molecule has 3 rings (SSSR count). The van der Waals surface area contributed by atoms with Crippen molar-refractivity contribution < 1.29 is 22.4 Å². The van der Waals surface area contributed by atoms with Crippen molar-refractivity contribution in [3.8, 4) is 0 Å². The smallest absolute Gasteiger partial charge is 0.326 e. The Hall–Kier alpha value is -4.02. The first-order valence-electron chi connectivity index (χ1n) is 8.77. The molecule has 0 fully saturated rings. The Morgan fingerprint density at radius 2 is 1.87 bits per heavy atom. The Bertz CT molecular complexity index is 1100. The van der Waals surface area contributed by atoms with Gasteiger partial charge in [-0.3, -0.25) is 4.79 Å². The van der Waals surface area contributed by atoms with Crippen LogP contribution in [0.25, 0.3) is 0 Å². The van der Waals surface area contributed by atoms with E-state index in [2.05, 4.69) is 32.2 Å². The molecule has 1 aromatic carbocycles. The van der Waals surface area contributed by atoms with E-state index >= 15 is 0 Å². The van der Waals surface area contributed by atoms with Crippen LogP contribution in [0.1, 0.15) is 5.69 Å². The Labute approximate surface area is 174 Å². The van der Waals surface area contributed by atoms with E-state index in [1.165, 1.54) is 11.9 Å². The van der Waals surface area contributed by atoms with Gasteiger partial charge in [0.2, 0.25) is 11.9 Å². The summed E-state index contributed by atoms with van der Waals surface area (Å²) in [5.41, 5.74) is 0.146. The summed E-state index contributed by atoms with van der Waals surface area (Å²) in [6, 6.07) is 8.58. The molecule has 0 atom stereocenters. The Balaban J connectivity index is 1.82. The highest BCUT2D eigenvalue weighted by molar-refractivity contribution is 5.99. The molecule has 0 unspecified atom stereocenters. The highest BCUT2D eigenvalue weighted by Crippen LogP contribution is 2.30. The molecular weight excluding hydrogens is 416 g/mol. The second-order valence-electron chi connectivity index (χ2n) is 6.22. The number of hydrogen-bond donors (Lipinski definition) is 2. The maximum atomic E-state index is 14.3. The van der Waals surface area contributed by atoms with Gasteiger partial charge in [-0.25, -0.2) is 14.4 Å². The number of pyridine rings is 1. The standard InChI is InChI=1S/C20H16F4N6O/c1-3-17(31)27-12-5-4-6-13(9-12)28-19-26-11-15(21)18(29-19)30(2)14-7-8-16(25-10-14)20(22,23)24/h3-11H,1H2,2H3,(H,27,31)(H,26,28,29). The number of nitrogens with one attached hydrogen (secondary N) is 2. The van der Waals surface area contributed by atoms with Crippen LogP contribution in [-0.4, -0.2) is 27.9 Å². The number of aromatic nitrogens is 3. The van der Waals surface area contributed by atoms with Crippen LogP contribution in [0.15, 0.2) is 61.4 Å². The quantitative estimate of drug-likeness (QED) is 0.435. The maximum Gasteiger partial charge on any atom is 0.433 e. The molecule has 0 aliphatic carbocycles. The van der Waals surface area contributed by atoms with Crippen LogP contribution in [0.5, 0.6) is 0 Å². The summed E-state index contributed by atoms with van der Waals surface area (Å²) < 4.78 is 52.4. The number of anilines is 5. The van der Waals surface area contributed by atoms with E-state index in [0.717, 1.165) is 30.6 Å². The monoisotopic (exact) mass is 432 g/mol. The minimum atomic E-state index is -4.58. The number of benzene rings is 1. The van der Waals surface area contributed by atoms with Crippen molar-refractivity contribution >= 4 is 34.7 Å². The van der Waals surface area contributed by atoms with Gasteiger partial charge in [-0.2, -0.15) is 18.2 Å². The zero-order chi connectivity index (χ0) is 22.6. The number of nitrogens with zero attached hydrogens (tertiary/aromatic N) is 4. The van der Waals surface area contributed by atoms with Crippen molar-refractivity contribution in [2.45, 2.75) is 6.18 Å². The van der Waals surface area contributed by atoms with Crippen molar-refractivity contribution in [2.24, 2.45) is 0 Å². The third-order valence-electron chi connectivity index (χ3n) is 4.04. The third-order valence-corrected chi connectivity index (χ3v) is 4.04. The molecule has 1 amide bonds. The van der Waals surface area contributed by atoms with Crippen molar-refractivity contribution in [1.82, 2.24) is 15.0 Å². The average molecular weight is 432 g/mol. The number of carbonyl (C=O) groups is 1. The van der Waals surface area contributed by atoms with Crippen LogP contribution in [-0.2, 0) is 11.0 Å². The van der Waals surface area contributed by atoms with Crippen LogP contribution in [0.4, 0.5) is 46.4 Å². The summed E-state index contributed by atoms with van der Waals surface area (Å²) >= 11 is 0. The number of halogens is 4. The van der Waals surface area contributed by atoms with Gasteiger partial charge in [-0.15, -0.1) is 0 Å². The van der Waals surface area contributed by atoms with Gasteiger partial charge in [0.05, 0.1) is 18.1 Å². The van der Waals surface area contributed by atoms with Gasteiger partial charge in [-0.05, 0) is 36.4 Å². The minimum Gasteiger partial charge on any atom is -0.326 e. The molecule has 0 bridgehead atoms. The summed E-state index contributed by atoms with van der Waals surface area (Å²) in [4.78, 5) is 24.0. The van der Waals surface area contributed by atoms with E-state index in [1.54, 1.807) is 24.3 Å². The third kappa shape index (κ3) is 5.32. The van der Waals surface area contributed by atoms with Crippen LogP contribution >= 0.6 is 0 Å². The molecule has 2 heterocycles. The lowest BCUT2D eigenvalue weighted by atomic mass is 10.2. The zero-order valence-corrected chi connectivity index (χ0v) is 16.1. The normalized spacial score (nSPS) is 11.0. The summed E-state index contributed by atoms with van der Waals surface area (Å²) in [7, 11) is 1.44. The van der Waals surface area contributed by atoms with Crippen molar-refractivity contribution in [3.63, 3.8) is 0 Å². The van der Waals surface area contributed by atoms with E-state index in [9.17, 15) is 22.4 Å². The average Bonchev–Trinajstić information content (AvgIpc) is 2.74. The molecule has 0 spiro atoms. The first kappa shape index (κ1) is 21.7. The highest BCUT2D eigenvalue weighted by Gasteiger charge is 2.32. The first-order chi connectivity index (χ1) is 14.7. The number of alkyl halides is 3. The van der Waals surface area contributed by atoms with Crippen molar-refractivity contribution in [3.05, 3.63) is 73.0 Å². The molecule has 3 aromatic rings. The van der Waals surface area contributed by atoms with Crippen LogP contribution in [0.3, 0.4) is 0 Å². The lowest BCUT2D eigenvalue weighted by Gasteiger charge is -2.19. The number of hydrogen-bond acceptors (Lipinski definition) is 6. The fraction of sp³-hybridized carbons (Fsp3) is 0.100. The number of amides is 1. The summed E-state index contributed by atoms with van der Waals surface area (Å²) in [5, 5.41) is 5.48. The second-order valence-corrected chi connectivity index (χ2v) is 6.22. The number of carbonyl (C=O) groups excluding carboxylic acids is 1. The van der Waals surface area contributed by atoms with Crippen LogP contribution < -0.4 is 15.5 Å². The molecule has 31 heavy (non-hydrogen) atoms. The molecule has 2 aromatic heterocycles. The van der Waals surface area contributed by atoms with E-state index in [1.807, 2.05) is 0 Å². The van der Waals surface area contributed by atoms with Gasteiger partial charge in [-0.1, -0.05) is 12.6 Å². The lowest BCUT2D eigenvalue weighted by Crippen LogP contribution is -2.16. The molecule has 0 aliphatic heterocycles. The lowest BCUT2D eigenvalue weighted by molar-refractivity contribution is -0.141. The molecule has 160 valence electrons.